The van der Waals surface area contributed by atoms with Gasteiger partial charge in [-0.15, -0.1) is 0 Å². The summed E-state index contributed by atoms with van der Waals surface area (Å²) in [6.07, 6.45) is 0.260. The number of benzene rings is 3. The Bertz CT molecular complexity index is 1100. The summed E-state index contributed by atoms with van der Waals surface area (Å²) in [6, 6.07) is 19.5. The van der Waals surface area contributed by atoms with Crippen LogP contribution in [0.1, 0.15) is 28.8 Å². The molecule has 3 aromatic carbocycles. The molecule has 0 aromatic heterocycles. The van der Waals surface area contributed by atoms with E-state index in [0.717, 1.165) is 16.7 Å². The van der Waals surface area contributed by atoms with Crippen LogP contribution in [-0.4, -0.2) is 37.0 Å². The van der Waals surface area contributed by atoms with Crippen LogP contribution in [0.4, 0.5) is 9.18 Å². The van der Waals surface area contributed by atoms with Crippen LogP contribution in [0.5, 0.6) is 11.5 Å². The summed E-state index contributed by atoms with van der Waals surface area (Å²) in [5.74, 6) is 0.393. The molecule has 0 atom stereocenters. The highest BCUT2D eigenvalue weighted by Crippen LogP contribution is 2.24. The van der Waals surface area contributed by atoms with Crippen LogP contribution in [0.3, 0.4) is 0 Å². The number of alkyl halides is 1. The van der Waals surface area contributed by atoms with Crippen LogP contribution in [-0.2, 0) is 6.42 Å². The summed E-state index contributed by atoms with van der Waals surface area (Å²) >= 11 is 6.05. The van der Waals surface area contributed by atoms with Gasteiger partial charge in [-0.3, -0.25) is 9.18 Å². The molecule has 0 aliphatic heterocycles. The van der Waals surface area contributed by atoms with Crippen molar-refractivity contribution >= 4 is 23.7 Å². The normalized spacial score (nSPS) is 10.5. The van der Waals surface area contributed by atoms with Crippen molar-refractivity contribution in [3.05, 3.63) is 82.9 Å². The zero-order valence-electron chi connectivity index (χ0n) is 18.4. The lowest BCUT2D eigenvalue weighted by atomic mass is 10.0. The molecule has 3 aromatic rings. The lowest BCUT2D eigenvalue weighted by molar-refractivity contribution is 0.0949. The predicted octanol–water partition coefficient (Wildman–Crippen LogP) is 6.16. The van der Waals surface area contributed by atoms with E-state index >= 15 is 0 Å². The van der Waals surface area contributed by atoms with Crippen LogP contribution in [0.2, 0.25) is 5.02 Å². The van der Waals surface area contributed by atoms with Gasteiger partial charge in [-0.2, -0.15) is 0 Å². The minimum atomic E-state index is -1.35. The van der Waals surface area contributed by atoms with E-state index in [1.165, 1.54) is 0 Å². The standard InChI is InChI=1S/C26H25ClFNO5/c27-21-9-12-24(33-16-2-1-14-28)23(17-21)25(30)29-15-13-18-3-5-19(6-4-18)20-7-10-22(11-8-20)34-26(31)32/h3-12,17H,1-2,13-16H2,(H,29,30)(H,31,32). The zero-order chi connectivity index (χ0) is 24.3. The van der Waals surface area contributed by atoms with Crippen molar-refractivity contribution in [3.63, 3.8) is 0 Å². The van der Waals surface area contributed by atoms with E-state index in [0.29, 0.717) is 48.7 Å². The van der Waals surface area contributed by atoms with Crippen molar-refractivity contribution in [2.45, 2.75) is 19.3 Å². The number of amides is 1. The molecule has 0 radical (unpaired) electrons. The highest BCUT2D eigenvalue weighted by Gasteiger charge is 2.13. The first-order chi connectivity index (χ1) is 16.5. The Morgan fingerprint density at radius 3 is 2.26 bits per heavy atom. The largest absolute Gasteiger partial charge is 0.511 e. The summed E-state index contributed by atoms with van der Waals surface area (Å²) in [7, 11) is 0. The number of carbonyl (C=O) groups is 2. The topological polar surface area (TPSA) is 84.9 Å². The molecule has 0 fully saturated rings. The quantitative estimate of drug-likeness (QED) is 0.193. The molecule has 0 spiro atoms. The number of hydrogen-bond acceptors (Lipinski definition) is 4. The van der Waals surface area contributed by atoms with Gasteiger partial charge in [0.05, 0.1) is 18.8 Å². The van der Waals surface area contributed by atoms with Crippen LogP contribution in [0.15, 0.2) is 66.7 Å². The van der Waals surface area contributed by atoms with E-state index in [-0.39, 0.29) is 11.7 Å². The van der Waals surface area contributed by atoms with Crippen LogP contribution >= 0.6 is 11.6 Å². The molecule has 0 aliphatic rings. The van der Waals surface area contributed by atoms with Gasteiger partial charge in [0.25, 0.3) is 5.91 Å². The number of carboxylic acid groups (broad SMARTS) is 1. The summed E-state index contributed by atoms with van der Waals surface area (Å²) < 4.78 is 22.5. The van der Waals surface area contributed by atoms with Gasteiger partial charge in [0, 0.05) is 11.6 Å². The molecule has 8 heteroatoms. The number of unbranched alkanes of at least 4 members (excludes halogenated alkanes) is 1. The molecular formula is C26H25ClFNO5. The minimum absolute atomic E-state index is 0.261. The number of carbonyl (C=O) groups excluding carboxylic acids is 1. The van der Waals surface area contributed by atoms with Crippen LogP contribution in [0.25, 0.3) is 11.1 Å². The van der Waals surface area contributed by atoms with Crippen molar-refractivity contribution in [1.29, 1.82) is 0 Å². The SMILES string of the molecule is O=C(O)Oc1ccc(-c2ccc(CCNC(=O)c3cc(Cl)ccc3OCCCCF)cc2)cc1. The molecule has 34 heavy (non-hydrogen) atoms. The summed E-state index contributed by atoms with van der Waals surface area (Å²) in [4.78, 5) is 23.3. The molecule has 3 rings (SSSR count). The molecule has 0 heterocycles. The highest BCUT2D eigenvalue weighted by molar-refractivity contribution is 6.31. The number of halogens is 2. The van der Waals surface area contributed by atoms with Crippen molar-refractivity contribution in [2.24, 2.45) is 0 Å². The van der Waals surface area contributed by atoms with E-state index < -0.39 is 12.8 Å². The van der Waals surface area contributed by atoms with Crippen molar-refractivity contribution < 1.29 is 28.6 Å². The second kappa shape index (κ2) is 12.6. The van der Waals surface area contributed by atoms with Gasteiger partial charge < -0.3 is 19.9 Å². The summed E-state index contributed by atoms with van der Waals surface area (Å²) in [6.45, 7) is 0.354. The maximum atomic E-state index is 12.7. The minimum Gasteiger partial charge on any atom is -0.493 e. The Morgan fingerprint density at radius 1 is 0.941 bits per heavy atom. The van der Waals surface area contributed by atoms with Gasteiger partial charge in [0.2, 0.25) is 0 Å². The van der Waals surface area contributed by atoms with E-state index in [2.05, 4.69) is 10.1 Å². The average Bonchev–Trinajstić information content (AvgIpc) is 2.83. The number of rotatable bonds is 11. The van der Waals surface area contributed by atoms with Crippen LogP contribution in [0, 0.1) is 0 Å². The third kappa shape index (κ3) is 7.49. The second-order valence-corrected chi connectivity index (χ2v) is 7.92. The Kier molecular flexibility index (Phi) is 9.29. The van der Waals surface area contributed by atoms with E-state index in [9.17, 15) is 14.0 Å². The lowest BCUT2D eigenvalue weighted by Crippen LogP contribution is -2.26. The molecule has 0 saturated carbocycles. The average molecular weight is 486 g/mol. The monoisotopic (exact) mass is 485 g/mol. The first-order valence-corrected chi connectivity index (χ1v) is 11.2. The fourth-order valence-electron chi connectivity index (χ4n) is 3.28. The molecule has 2 N–H and O–H groups in total. The maximum absolute atomic E-state index is 12.7. The van der Waals surface area contributed by atoms with Crippen molar-refractivity contribution in [1.82, 2.24) is 5.32 Å². The van der Waals surface area contributed by atoms with Gasteiger partial charge >= 0.3 is 6.16 Å². The number of nitrogens with one attached hydrogen (secondary N) is 1. The number of ether oxygens (including phenoxy) is 2. The molecular weight excluding hydrogens is 461 g/mol. The Labute approximate surface area is 202 Å². The molecule has 0 saturated heterocycles. The fourth-order valence-corrected chi connectivity index (χ4v) is 3.45. The Hall–Kier alpha value is -3.58. The fraction of sp³-hybridized carbons (Fsp3) is 0.231. The summed E-state index contributed by atoms with van der Waals surface area (Å²) in [5, 5.41) is 12.0. The maximum Gasteiger partial charge on any atom is 0.511 e. The highest BCUT2D eigenvalue weighted by atomic mass is 35.5. The van der Waals surface area contributed by atoms with Crippen molar-refractivity contribution in [3.8, 4) is 22.6 Å². The first-order valence-electron chi connectivity index (χ1n) is 10.8. The molecule has 0 unspecified atom stereocenters. The van der Waals surface area contributed by atoms with Gasteiger partial charge in [-0.05, 0) is 66.3 Å². The smallest absolute Gasteiger partial charge is 0.493 e. The van der Waals surface area contributed by atoms with E-state index in [1.54, 1.807) is 42.5 Å². The molecule has 6 nitrogen and oxygen atoms in total. The molecule has 178 valence electrons. The third-order valence-corrected chi connectivity index (χ3v) is 5.25. The number of hydrogen-bond donors (Lipinski definition) is 2. The molecule has 1 amide bonds. The van der Waals surface area contributed by atoms with E-state index in [4.69, 9.17) is 21.4 Å². The van der Waals surface area contributed by atoms with E-state index in [1.807, 2.05) is 24.3 Å². The lowest BCUT2D eigenvalue weighted by Gasteiger charge is -2.12. The molecule has 0 aliphatic carbocycles. The zero-order valence-corrected chi connectivity index (χ0v) is 19.2. The third-order valence-electron chi connectivity index (χ3n) is 5.02. The Morgan fingerprint density at radius 2 is 1.62 bits per heavy atom. The predicted molar refractivity (Wildman–Crippen MR) is 129 cm³/mol. The molecule has 0 bridgehead atoms. The van der Waals surface area contributed by atoms with Gasteiger partial charge in [0.15, 0.2) is 0 Å². The van der Waals surface area contributed by atoms with Crippen molar-refractivity contribution in [2.75, 3.05) is 19.8 Å². The van der Waals surface area contributed by atoms with Crippen LogP contribution < -0.4 is 14.8 Å². The first kappa shape index (κ1) is 25.1. The summed E-state index contributed by atoms with van der Waals surface area (Å²) in [5.41, 5.74) is 3.29. The van der Waals surface area contributed by atoms with Gasteiger partial charge in [0.1, 0.15) is 11.5 Å². The van der Waals surface area contributed by atoms with Gasteiger partial charge in [-0.25, -0.2) is 4.79 Å². The second-order valence-electron chi connectivity index (χ2n) is 7.48. The Balaban J connectivity index is 1.54. The van der Waals surface area contributed by atoms with Gasteiger partial charge in [-0.1, -0.05) is 48.0 Å².